The van der Waals surface area contributed by atoms with Gasteiger partial charge < -0.3 is 9.47 Å². The third kappa shape index (κ3) is 5.58. The van der Waals surface area contributed by atoms with Crippen molar-refractivity contribution in [1.82, 2.24) is 15.4 Å². The van der Waals surface area contributed by atoms with Crippen molar-refractivity contribution in [2.24, 2.45) is 0 Å². The van der Waals surface area contributed by atoms with Crippen LogP contribution in [0.5, 0.6) is 0 Å². The Morgan fingerprint density at radius 2 is 1.50 bits per heavy atom. The summed E-state index contributed by atoms with van der Waals surface area (Å²) in [6.07, 6.45) is 1.60. The molecule has 0 bridgehead atoms. The summed E-state index contributed by atoms with van der Waals surface area (Å²) >= 11 is 0. The molecule has 1 aromatic carbocycles. The van der Waals surface area contributed by atoms with E-state index in [0.29, 0.717) is 16.7 Å². The number of aromatic nitrogens is 2. The standard InChI is InChI=1S/C18H24N4O4/c1-17(2,3)25-15(23)21-22(16(24)26-18(4,5)6)12-7-8-13-14(11-12)20-10-9-19-13/h7-11H,1-6H3,(H,21,23). The average molecular weight is 360 g/mol. The van der Waals surface area contributed by atoms with E-state index in [1.165, 1.54) is 0 Å². The van der Waals surface area contributed by atoms with Gasteiger partial charge in [-0.1, -0.05) is 0 Å². The summed E-state index contributed by atoms with van der Waals surface area (Å²) in [5.74, 6) is 0. The smallest absolute Gasteiger partial charge is 0.434 e. The van der Waals surface area contributed by atoms with Gasteiger partial charge in [0.15, 0.2) is 0 Å². The van der Waals surface area contributed by atoms with Gasteiger partial charge in [0.2, 0.25) is 0 Å². The normalized spacial score (nSPS) is 11.8. The quantitative estimate of drug-likeness (QED) is 0.777. The maximum absolute atomic E-state index is 12.6. The number of anilines is 1. The first kappa shape index (κ1) is 19.4. The number of hydrazine groups is 1. The lowest BCUT2D eigenvalue weighted by molar-refractivity contribution is 0.0425. The molecule has 0 aliphatic carbocycles. The van der Waals surface area contributed by atoms with E-state index in [1.807, 2.05) is 0 Å². The Balaban J connectivity index is 2.34. The van der Waals surface area contributed by atoms with Crippen LogP contribution in [-0.4, -0.2) is 33.4 Å². The Kier molecular flexibility index (Phi) is 5.34. The molecule has 1 N–H and O–H groups in total. The number of rotatable bonds is 1. The molecule has 0 aliphatic heterocycles. The molecule has 26 heavy (non-hydrogen) atoms. The number of fused-ring (bicyclic) bond motifs is 1. The number of nitrogens with zero attached hydrogens (tertiary/aromatic N) is 3. The first-order chi connectivity index (χ1) is 11.9. The Morgan fingerprint density at radius 1 is 0.923 bits per heavy atom. The molecule has 1 heterocycles. The second-order valence-electron chi connectivity index (χ2n) is 7.66. The molecule has 8 heteroatoms. The number of hydrogen-bond acceptors (Lipinski definition) is 6. The zero-order valence-corrected chi connectivity index (χ0v) is 15.9. The molecule has 0 spiro atoms. The minimum Gasteiger partial charge on any atom is -0.443 e. The van der Waals surface area contributed by atoms with Gasteiger partial charge in [-0.05, 0) is 59.7 Å². The number of ether oxygens (including phenoxy) is 2. The zero-order chi connectivity index (χ0) is 19.5. The van der Waals surface area contributed by atoms with Crippen LogP contribution in [0.3, 0.4) is 0 Å². The Hall–Kier alpha value is -2.90. The van der Waals surface area contributed by atoms with E-state index in [2.05, 4.69) is 15.4 Å². The third-order valence-electron chi connectivity index (χ3n) is 2.89. The predicted octanol–water partition coefficient (Wildman–Crippen LogP) is 3.81. The second-order valence-corrected chi connectivity index (χ2v) is 7.66. The van der Waals surface area contributed by atoms with Crippen molar-refractivity contribution >= 4 is 28.9 Å². The molecule has 2 aromatic rings. The Labute approximate surface area is 152 Å². The number of carbonyl (C=O) groups is 2. The summed E-state index contributed by atoms with van der Waals surface area (Å²) in [5, 5.41) is 0.993. The molecule has 1 aromatic heterocycles. The van der Waals surface area contributed by atoms with Crippen molar-refractivity contribution in [2.45, 2.75) is 52.7 Å². The summed E-state index contributed by atoms with van der Waals surface area (Å²) in [5.41, 5.74) is 2.59. The van der Waals surface area contributed by atoms with Crippen LogP contribution in [0.25, 0.3) is 11.0 Å². The van der Waals surface area contributed by atoms with Gasteiger partial charge in [-0.25, -0.2) is 15.0 Å². The van der Waals surface area contributed by atoms with E-state index in [9.17, 15) is 9.59 Å². The minimum atomic E-state index is -0.775. The van der Waals surface area contributed by atoms with E-state index in [-0.39, 0.29) is 0 Å². The fourth-order valence-corrected chi connectivity index (χ4v) is 2.01. The van der Waals surface area contributed by atoms with Crippen LogP contribution < -0.4 is 10.4 Å². The van der Waals surface area contributed by atoms with E-state index in [1.54, 1.807) is 72.1 Å². The van der Waals surface area contributed by atoms with Gasteiger partial charge in [-0.15, -0.1) is 0 Å². The first-order valence-electron chi connectivity index (χ1n) is 8.18. The predicted molar refractivity (Wildman–Crippen MR) is 97.6 cm³/mol. The highest BCUT2D eigenvalue weighted by Crippen LogP contribution is 2.21. The van der Waals surface area contributed by atoms with Crippen LogP contribution in [0.15, 0.2) is 30.6 Å². The van der Waals surface area contributed by atoms with E-state index in [0.717, 1.165) is 5.01 Å². The van der Waals surface area contributed by atoms with Gasteiger partial charge in [0.1, 0.15) is 11.2 Å². The van der Waals surface area contributed by atoms with Crippen molar-refractivity contribution in [3.63, 3.8) is 0 Å². The monoisotopic (exact) mass is 360 g/mol. The van der Waals surface area contributed by atoms with E-state index < -0.39 is 23.4 Å². The number of benzene rings is 1. The van der Waals surface area contributed by atoms with Crippen LogP contribution >= 0.6 is 0 Å². The summed E-state index contributed by atoms with van der Waals surface area (Å²) in [6.45, 7) is 10.4. The maximum atomic E-state index is 12.6. The van der Waals surface area contributed by atoms with Gasteiger partial charge in [-0.2, -0.15) is 5.01 Å². The van der Waals surface area contributed by atoms with E-state index >= 15 is 0 Å². The molecule has 0 unspecified atom stereocenters. The van der Waals surface area contributed by atoms with Crippen LogP contribution in [0.2, 0.25) is 0 Å². The van der Waals surface area contributed by atoms with Crippen LogP contribution in [0.1, 0.15) is 41.5 Å². The number of nitrogens with one attached hydrogen (secondary N) is 1. The minimum absolute atomic E-state index is 0.373. The van der Waals surface area contributed by atoms with Crippen molar-refractivity contribution in [2.75, 3.05) is 5.01 Å². The number of hydrogen-bond donors (Lipinski definition) is 1. The first-order valence-corrected chi connectivity index (χ1v) is 8.18. The molecule has 8 nitrogen and oxygen atoms in total. The average Bonchev–Trinajstić information content (AvgIpc) is 2.48. The molecule has 2 amide bonds. The second kappa shape index (κ2) is 7.15. The fourth-order valence-electron chi connectivity index (χ4n) is 2.01. The Morgan fingerprint density at radius 3 is 2.08 bits per heavy atom. The highest BCUT2D eigenvalue weighted by atomic mass is 16.6. The maximum Gasteiger partial charge on any atom is 0.434 e. The summed E-state index contributed by atoms with van der Waals surface area (Å²) in [7, 11) is 0. The molecule has 0 atom stereocenters. The SMILES string of the molecule is CC(C)(C)OC(=O)NN(C(=O)OC(C)(C)C)c1ccc2nccnc2c1. The van der Waals surface area contributed by atoms with Gasteiger partial charge in [0, 0.05) is 12.4 Å². The van der Waals surface area contributed by atoms with Crippen molar-refractivity contribution in [3.05, 3.63) is 30.6 Å². The highest BCUT2D eigenvalue weighted by Gasteiger charge is 2.27. The summed E-state index contributed by atoms with van der Waals surface area (Å²) in [6, 6.07) is 4.97. The summed E-state index contributed by atoms with van der Waals surface area (Å²) in [4.78, 5) is 33.2. The van der Waals surface area contributed by atoms with Gasteiger partial charge in [0.05, 0.1) is 16.7 Å². The molecule has 0 radical (unpaired) electrons. The van der Waals surface area contributed by atoms with Crippen molar-refractivity contribution < 1.29 is 19.1 Å². The molecule has 2 rings (SSSR count). The molecule has 0 saturated carbocycles. The highest BCUT2D eigenvalue weighted by molar-refractivity contribution is 5.93. The number of amides is 2. The molecule has 0 fully saturated rings. The van der Waals surface area contributed by atoms with Crippen molar-refractivity contribution in [1.29, 1.82) is 0 Å². The van der Waals surface area contributed by atoms with Gasteiger partial charge in [0.25, 0.3) is 0 Å². The molecular weight excluding hydrogens is 336 g/mol. The lowest BCUT2D eigenvalue weighted by Gasteiger charge is -2.28. The largest absolute Gasteiger partial charge is 0.443 e. The molecule has 0 saturated heterocycles. The van der Waals surface area contributed by atoms with Crippen LogP contribution in [-0.2, 0) is 9.47 Å². The van der Waals surface area contributed by atoms with Gasteiger partial charge >= 0.3 is 12.2 Å². The van der Waals surface area contributed by atoms with Crippen LogP contribution in [0.4, 0.5) is 15.3 Å². The number of carbonyl (C=O) groups excluding carboxylic acids is 2. The van der Waals surface area contributed by atoms with Gasteiger partial charge in [-0.3, -0.25) is 9.97 Å². The zero-order valence-electron chi connectivity index (χ0n) is 15.9. The molecule has 0 aliphatic rings. The summed E-state index contributed by atoms with van der Waals surface area (Å²) < 4.78 is 10.6. The van der Waals surface area contributed by atoms with E-state index in [4.69, 9.17) is 9.47 Å². The molecular formula is C18H24N4O4. The molecule has 140 valence electrons. The fraction of sp³-hybridized carbons (Fsp3) is 0.444. The third-order valence-corrected chi connectivity index (χ3v) is 2.89. The topological polar surface area (TPSA) is 93.7 Å². The lowest BCUT2D eigenvalue weighted by atomic mass is 10.2. The lowest BCUT2D eigenvalue weighted by Crippen LogP contribution is -2.50. The van der Waals surface area contributed by atoms with Crippen molar-refractivity contribution in [3.8, 4) is 0 Å². The van der Waals surface area contributed by atoms with Crippen LogP contribution in [0, 0.1) is 0 Å². The Bertz CT molecular complexity index is 809.